The number of hydrogen-bond acceptors (Lipinski definition) is 4. The van der Waals surface area contributed by atoms with Crippen molar-refractivity contribution in [3.8, 4) is 5.75 Å². The first-order valence-corrected chi connectivity index (χ1v) is 13.5. The van der Waals surface area contributed by atoms with E-state index in [4.69, 9.17) is 4.74 Å². The van der Waals surface area contributed by atoms with Crippen LogP contribution in [0, 0.1) is 0 Å². The van der Waals surface area contributed by atoms with Crippen molar-refractivity contribution < 1.29 is 14.3 Å². The van der Waals surface area contributed by atoms with Gasteiger partial charge in [0.25, 0.3) is 5.91 Å². The summed E-state index contributed by atoms with van der Waals surface area (Å²) in [4.78, 5) is 30.6. The Morgan fingerprint density at radius 1 is 0.750 bits per heavy atom. The van der Waals surface area contributed by atoms with E-state index in [2.05, 4.69) is 58.7 Å². The molecule has 0 spiro atoms. The molecule has 2 amide bonds. The van der Waals surface area contributed by atoms with Gasteiger partial charge >= 0.3 is 0 Å². The predicted molar refractivity (Wildman–Crippen MR) is 159 cm³/mol. The minimum atomic E-state index is -0.297. The van der Waals surface area contributed by atoms with Crippen molar-refractivity contribution in [1.82, 2.24) is 9.80 Å². The molecule has 202 valence electrons. The SMILES string of the molecule is COc1ccc(/C=C/C(=O)Nc2ccccc2C(=O)N2CCN(C(c3ccccc3)c3ccccc3)CC2)cc1. The number of anilines is 1. The summed E-state index contributed by atoms with van der Waals surface area (Å²) in [6, 6.07) is 35.8. The van der Waals surface area contributed by atoms with Crippen LogP contribution in [0.3, 0.4) is 0 Å². The molecule has 6 nitrogen and oxygen atoms in total. The molecule has 0 saturated carbocycles. The quantitative estimate of drug-likeness (QED) is 0.288. The van der Waals surface area contributed by atoms with Crippen LogP contribution in [0.5, 0.6) is 5.75 Å². The van der Waals surface area contributed by atoms with Gasteiger partial charge in [-0.25, -0.2) is 0 Å². The Hall–Kier alpha value is -4.68. The number of benzene rings is 4. The van der Waals surface area contributed by atoms with E-state index in [-0.39, 0.29) is 17.9 Å². The largest absolute Gasteiger partial charge is 0.497 e. The highest BCUT2D eigenvalue weighted by atomic mass is 16.5. The molecular weight excluding hydrogens is 498 g/mol. The van der Waals surface area contributed by atoms with E-state index in [1.807, 2.05) is 53.4 Å². The highest BCUT2D eigenvalue weighted by Crippen LogP contribution is 2.30. The van der Waals surface area contributed by atoms with Crippen molar-refractivity contribution >= 4 is 23.6 Å². The second kappa shape index (κ2) is 12.9. The van der Waals surface area contributed by atoms with E-state index in [1.165, 1.54) is 17.2 Å². The Balaban J connectivity index is 1.25. The normalized spacial score (nSPS) is 13.9. The fraction of sp³-hybridized carbons (Fsp3) is 0.176. The van der Waals surface area contributed by atoms with Gasteiger partial charge in [-0.15, -0.1) is 0 Å². The van der Waals surface area contributed by atoms with Crippen LogP contribution in [-0.4, -0.2) is 54.9 Å². The third-order valence-electron chi connectivity index (χ3n) is 7.16. The Morgan fingerprint density at radius 3 is 1.93 bits per heavy atom. The molecule has 1 aliphatic heterocycles. The lowest BCUT2D eigenvalue weighted by atomic mass is 9.96. The highest BCUT2D eigenvalue weighted by molar-refractivity contribution is 6.07. The Kier molecular flexibility index (Phi) is 8.69. The van der Waals surface area contributed by atoms with E-state index < -0.39 is 0 Å². The summed E-state index contributed by atoms with van der Waals surface area (Å²) in [6.45, 7) is 2.71. The average Bonchev–Trinajstić information content (AvgIpc) is 3.02. The summed E-state index contributed by atoms with van der Waals surface area (Å²) < 4.78 is 5.18. The second-order valence-corrected chi connectivity index (χ2v) is 9.69. The average molecular weight is 532 g/mol. The Labute approximate surface area is 235 Å². The van der Waals surface area contributed by atoms with Crippen LogP contribution in [0.1, 0.15) is 33.1 Å². The number of hydrogen-bond donors (Lipinski definition) is 1. The molecule has 4 aromatic rings. The fourth-order valence-electron chi connectivity index (χ4n) is 5.08. The van der Waals surface area contributed by atoms with E-state index in [1.54, 1.807) is 25.3 Å². The molecule has 4 aromatic carbocycles. The van der Waals surface area contributed by atoms with Crippen molar-refractivity contribution in [2.24, 2.45) is 0 Å². The topological polar surface area (TPSA) is 61.9 Å². The summed E-state index contributed by atoms with van der Waals surface area (Å²) >= 11 is 0. The van der Waals surface area contributed by atoms with E-state index in [0.717, 1.165) is 24.4 Å². The monoisotopic (exact) mass is 531 g/mol. The van der Waals surface area contributed by atoms with Crippen LogP contribution in [-0.2, 0) is 4.79 Å². The molecule has 0 radical (unpaired) electrons. The minimum absolute atomic E-state index is 0.0781. The van der Waals surface area contributed by atoms with E-state index in [0.29, 0.717) is 24.3 Å². The van der Waals surface area contributed by atoms with Crippen LogP contribution in [0.4, 0.5) is 5.69 Å². The minimum Gasteiger partial charge on any atom is -0.497 e. The van der Waals surface area contributed by atoms with Crippen molar-refractivity contribution in [3.63, 3.8) is 0 Å². The van der Waals surface area contributed by atoms with Gasteiger partial charge in [0.1, 0.15) is 5.75 Å². The number of rotatable bonds is 8. The maximum absolute atomic E-state index is 13.6. The molecule has 0 bridgehead atoms. The third kappa shape index (κ3) is 6.47. The van der Waals surface area contributed by atoms with Gasteiger partial charge < -0.3 is 15.0 Å². The Morgan fingerprint density at radius 2 is 1.32 bits per heavy atom. The number of ether oxygens (including phenoxy) is 1. The summed E-state index contributed by atoms with van der Waals surface area (Å²) in [5.74, 6) is 0.380. The molecule has 1 heterocycles. The number of nitrogens with one attached hydrogen (secondary N) is 1. The molecule has 0 aliphatic carbocycles. The third-order valence-corrected chi connectivity index (χ3v) is 7.16. The van der Waals surface area contributed by atoms with Gasteiger partial charge in [0, 0.05) is 32.3 Å². The van der Waals surface area contributed by atoms with Crippen molar-refractivity contribution in [3.05, 3.63) is 138 Å². The van der Waals surface area contributed by atoms with Gasteiger partial charge in [0.2, 0.25) is 5.91 Å². The van der Waals surface area contributed by atoms with E-state index >= 15 is 0 Å². The first-order chi connectivity index (χ1) is 19.6. The van der Waals surface area contributed by atoms with Gasteiger partial charge in [-0.2, -0.15) is 0 Å². The number of nitrogens with zero attached hydrogens (tertiary/aromatic N) is 2. The molecule has 1 saturated heterocycles. The lowest BCUT2D eigenvalue weighted by Gasteiger charge is -2.40. The summed E-state index contributed by atoms with van der Waals surface area (Å²) in [7, 11) is 1.61. The van der Waals surface area contributed by atoms with Crippen molar-refractivity contribution in [2.75, 3.05) is 38.6 Å². The zero-order chi connectivity index (χ0) is 27.7. The van der Waals surface area contributed by atoms with Crippen molar-refractivity contribution in [1.29, 1.82) is 0 Å². The summed E-state index contributed by atoms with van der Waals surface area (Å²) in [6.07, 6.45) is 3.20. The highest BCUT2D eigenvalue weighted by Gasteiger charge is 2.29. The molecule has 0 atom stereocenters. The Bertz CT molecular complexity index is 1410. The molecule has 0 unspecified atom stereocenters. The maximum atomic E-state index is 13.6. The molecule has 1 N–H and O–H groups in total. The summed E-state index contributed by atoms with van der Waals surface area (Å²) in [5.41, 5.74) is 4.35. The molecule has 40 heavy (non-hydrogen) atoms. The van der Waals surface area contributed by atoms with Crippen LogP contribution >= 0.6 is 0 Å². The second-order valence-electron chi connectivity index (χ2n) is 9.69. The molecular formula is C34H33N3O3. The molecule has 1 aliphatic rings. The first-order valence-electron chi connectivity index (χ1n) is 13.5. The molecule has 5 rings (SSSR count). The van der Waals surface area contributed by atoms with Crippen molar-refractivity contribution in [2.45, 2.75) is 6.04 Å². The van der Waals surface area contributed by atoms with Gasteiger partial charge in [-0.3, -0.25) is 14.5 Å². The number of carbonyl (C=O) groups is 2. The standard InChI is InChI=1S/C34H33N3O3/c1-40-29-19-16-26(17-20-29)18-21-32(38)35-31-15-9-8-14-30(31)34(39)37-24-22-36(23-25-37)33(27-10-4-2-5-11-27)28-12-6-3-7-13-28/h2-21,33H,22-25H2,1H3,(H,35,38)/b21-18+. The zero-order valence-corrected chi connectivity index (χ0v) is 22.6. The number of carbonyl (C=O) groups excluding carboxylic acids is 2. The van der Waals surface area contributed by atoms with Gasteiger partial charge in [-0.05, 0) is 47.0 Å². The molecule has 1 fully saturated rings. The van der Waals surface area contributed by atoms with Crippen LogP contribution < -0.4 is 10.1 Å². The lowest BCUT2D eigenvalue weighted by Crippen LogP contribution is -2.50. The zero-order valence-electron chi connectivity index (χ0n) is 22.6. The fourth-order valence-corrected chi connectivity index (χ4v) is 5.08. The summed E-state index contributed by atoms with van der Waals surface area (Å²) in [5, 5.41) is 2.88. The number of amides is 2. The van der Waals surface area contributed by atoms with Crippen LogP contribution in [0.25, 0.3) is 6.08 Å². The van der Waals surface area contributed by atoms with Crippen LogP contribution in [0.15, 0.2) is 115 Å². The van der Waals surface area contributed by atoms with Gasteiger partial charge in [0.15, 0.2) is 0 Å². The van der Waals surface area contributed by atoms with E-state index in [9.17, 15) is 9.59 Å². The predicted octanol–water partition coefficient (Wildman–Crippen LogP) is 5.89. The number of methoxy groups -OCH3 is 1. The van der Waals surface area contributed by atoms with Crippen LogP contribution in [0.2, 0.25) is 0 Å². The molecule has 6 heteroatoms. The number of para-hydroxylation sites is 1. The van der Waals surface area contributed by atoms with Gasteiger partial charge in [-0.1, -0.05) is 84.9 Å². The lowest BCUT2D eigenvalue weighted by molar-refractivity contribution is -0.111. The van der Waals surface area contributed by atoms with Gasteiger partial charge in [0.05, 0.1) is 24.4 Å². The smallest absolute Gasteiger partial charge is 0.256 e. The molecule has 0 aromatic heterocycles. The first kappa shape index (κ1) is 26.9. The maximum Gasteiger partial charge on any atom is 0.256 e. The number of piperazine rings is 1.